The first-order chi connectivity index (χ1) is 18.4. The number of pyridine rings is 1. The molecular weight excluding hydrogens is 489 g/mol. The fourth-order valence-corrected chi connectivity index (χ4v) is 4.98. The highest BCUT2D eigenvalue weighted by atomic mass is 19.1. The molecule has 1 atom stereocenters. The molecule has 0 amide bonds. The number of benzene rings is 2. The second-order valence-electron chi connectivity index (χ2n) is 9.65. The van der Waals surface area contributed by atoms with Gasteiger partial charge in [-0.05, 0) is 49.6 Å². The number of ketones is 1. The summed E-state index contributed by atoms with van der Waals surface area (Å²) >= 11 is 0. The van der Waals surface area contributed by atoms with E-state index >= 15 is 4.39 Å². The smallest absolute Gasteiger partial charge is 0.200 e. The molecule has 9 heteroatoms. The number of carbonyl (C=O) groups excluding carboxylic acids is 3. The number of piperazine rings is 1. The lowest BCUT2D eigenvalue weighted by atomic mass is 10.0. The number of methoxy groups -OCH3 is 1. The highest BCUT2D eigenvalue weighted by molar-refractivity contribution is 6.08. The van der Waals surface area contributed by atoms with E-state index in [0.717, 1.165) is 12.8 Å². The topological polar surface area (TPSA) is 97.7 Å². The van der Waals surface area contributed by atoms with Crippen molar-refractivity contribution in [3.63, 3.8) is 0 Å². The lowest BCUT2D eigenvalue weighted by Gasteiger charge is -2.35. The maximum absolute atomic E-state index is 15.6. The summed E-state index contributed by atoms with van der Waals surface area (Å²) in [6.07, 6.45) is 5.94. The fraction of sp³-hybridized carbons (Fsp3) is 0.310. The highest BCUT2D eigenvalue weighted by Crippen LogP contribution is 2.43. The van der Waals surface area contributed by atoms with Gasteiger partial charge in [0.15, 0.2) is 17.3 Å². The van der Waals surface area contributed by atoms with Gasteiger partial charge in [0.2, 0.25) is 5.43 Å². The molecule has 1 N–H and O–H groups in total. The fourth-order valence-electron chi connectivity index (χ4n) is 4.98. The predicted molar refractivity (Wildman–Crippen MR) is 141 cm³/mol. The van der Waals surface area contributed by atoms with Crippen LogP contribution in [0.2, 0.25) is 0 Å². The third-order valence-corrected chi connectivity index (χ3v) is 6.98. The second kappa shape index (κ2) is 10.2. The van der Waals surface area contributed by atoms with Gasteiger partial charge in [-0.15, -0.1) is 0 Å². The largest absolute Gasteiger partial charge is 0.492 e. The maximum atomic E-state index is 15.6. The van der Waals surface area contributed by atoms with E-state index in [1.54, 1.807) is 17.9 Å². The first-order valence-corrected chi connectivity index (χ1v) is 12.4. The summed E-state index contributed by atoms with van der Waals surface area (Å²) in [5.74, 6) is 2.48. The van der Waals surface area contributed by atoms with E-state index in [-0.39, 0.29) is 39.2 Å². The molecule has 194 valence electrons. The zero-order valence-electron chi connectivity index (χ0n) is 21.0. The average Bonchev–Trinajstić information content (AvgIpc) is 3.76. The summed E-state index contributed by atoms with van der Waals surface area (Å²) in [5, 5.41) is 3.51. The first kappa shape index (κ1) is 25.4. The molecule has 2 aromatic carbocycles. The van der Waals surface area contributed by atoms with Crippen molar-refractivity contribution in [2.45, 2.75) is 31.8 Å². The van der Waals surface area contributed by atoms with Crippen LogP contribution in [0, 0.1) is 5.82 Å². The summed E-state index contributed by atoms with van der Waals surface area (Å²) < 4.78 is 23.2. The summed E-state index contributed by atoms with van der Waals surface area (Å²) in [6.45, 7) is 3.90. The normalized spacial score (nSPS) is 17.4. The minimum atomic E-state index is -0.586. The molecule has 8 nitrogen and oxygen atoms in total. The number of nitrogens with zero attached hydrogens (tertiary/aromatic N) is 2. The molecule has 3 aromatic rings. The summed E-state index contributed by atoms with van der Waals surface area (Å²) in [5.41, 5.74) is 0.596. The molecule has 0 bridgehead atoms. The monoisotopic (exact) mass is 515 g/mol. The number of nitrogens with one attached hydrogen (secondary N) is 1. The van der Waals surface area contributed by atoms with Gasteiger partial charge in [-0.25, -0.2) is 14.0 Å². The first-order valence-electron chi connectivity index (χ1n) is 12.4. The van der Waals surface area contributed by atoms with Crippen molar-refractivity contribution in [2.75, 3.05) is 31.6 Å². The van der Waals surface area contributed by atoms with E-state index in [1.807, 2.05) is 16.4 Å². The van der Waals surface area contributed by atoms with Crippen molar-refractivity contribution in [2.24, 2.45) is 0 Å². The Hall–Kier alpha value is -4.29. The number of ether oxygens (including phenoxy) is 1. The molecule has 2 heterocycles. The van der Waals surface area contributed by atoms with E-state index in [0.29, 0.717) is 36.4 Å². The van der Waals surface area contributed by atoms with Crippen molar-refractivity contribution in [1.82, 2.24) is 9.88 Å². The summed E-state index contributed by atoms with van der Waals surface area (Å²) in [7, 11) is 1.46. The standard InChI is InChI=1S/C29H26FN3O5/c1-17-13-32(10-9-31-17)27-24(30)12-22-26(29(27)38-2)33(21-6-7-21)14-23(28(22)37)25(36)8-4-18-3-5-19(15-34)20(11-18)16-35/h3-5,8,11-12,14,17,21,31H,6-7,9-10,13H2,1-2H3. The van der Waals surface area contributed by atoms with Crippen LogP contribution in [0.1, 0.15) is 41.7 Å². The van der Waals surface area contributed by atoms with Crippen molar-refractivity contribution >= 4 is 40.3 Å². The van der Waals surface area contributed by atoms with Gasteiger partial charge in [-0.2, -0.15) is 0 Å². The van der Waals surface area contributed by atoms with E-state index < -0.39 is 17.0 Å². The number of halogens is 1. The van der Waals surface area contributed by atoms with Gasteiger partial charge in [0.25, 0.3) is 0 Å². The van der Waals surface area contributed by atoms with Crippen LogP contribution >= 0.6 is 0 Å². The predicted octanol–water partition coefficient (Wildman–Crippen LogP) is 1.18. The van der Waals surface area contributed by atoms with Gasteiger partial charge in [-0.3, -0.25) is 9.59 Å². The van der Waals surface area contributed by atoms with Crippen LogP contribution in [0.5, 0.6) is 5.75 Å². The van der Waals surface area contributed by atoms with Crippen LogP contribution < -0.4 is 30.8 Å². The maximum Gasteiger partial charge on any atom is 0.200 e. The number of hydrogen-bond acceptors (Lipinski definition) is 7. The zero-order chi connectivity index (χ0) is 27.0. The molecule has 1 aromatic heterocycles. The Morgan fingerprint density at radius 1 is 1.18 bits per heavy atom. The number of allylic oxidation sites excluding steroid dienone is 1. The van der Waals surface area contributed by atoms with Crippen LogP contribution in [0.4, 0.5) is 10.1 Å². The van der Waals surface area contributed by atoms with Gasteiger partial charge in [-0.1, -0.05) is 12.1 Å². The van der Waals surface area contributed by atoms with Gasteiger partial charge >= 0.3 is 0 Å². The van der Waals surface area contributed by atoms with E-state index in [4.69, 9.17) is 4.74 Å². The van der Waals surface area contributed by atoms with Crippen molar-refractivity contribution in [3.05, 3.63) is 74.1 Å². The lowest BCUT2D eigenvalue weighted by Crippen LogP contribution is -2.49. The molecule has 2 fully saturated rings. The third kappa shape index (κ3) is 4.59. The number of hydrogen-bond donors (Lipinski definition) is 1. The Balaban J connectivity index is 1.63. The number of fused-ring (bicyclic) bond motifs is 1. The van der Waals surface area contributed by atoms with Crippen LogP contribution in [0.25, 0.3) is 17.0 Å². The van der Waals surface area contributed by atoms with Crippen LogP contribution in [-0.4, -0.2) is 55.0 Å². The molecule has 2 aliphatic rings. The van der Waals surface area contributed by atoms with Crippen molar-refractivity contribution < 1.29 is 23.5 Å². The number of rotatable bonds is 6. The third-order valence-electron chi connectivity index (χ3n) is 6.98. The van der Waals surface area contributed by atoms with Crippen molar-refractivity contribution in [1.29, 1.82) is 0 Å². The number of aromatic nitrogens is 1. The molecular formula is C29H26FN3O5. The van der Waals surface area contributed by atoms with Crippen LogP contribution in [0.3, 0.4) is 0 Å². The lowest BCUT2D eigenvalue weighted by molar-refractivity contribution is 0.104. The molecule has 1 aliphatic carbocycles. The van der Waals surface area contributed by atoms with Crippen LogP contribution in [-0.2, 0) is 9.59 Å². The minimum absolute atomic E-state index is 0.0219. The molecule has 38 heavy (non-hydrogen) atoms. The van der Waals surface area contributed by atoms with Crippen LogP contribution in [0.15, 0.2) is 41.3 Å². The SMILES string of the molecule is COc1c(N2CCNC(C)C2)c(F)cc2c(=O)c(C(=O)C=Cc3ccc(=C=O)c(=C=O)c3)cn(C3CC3)c12. The average molecular weight is 516 g/mol. The number of carbonyl (C=O) groups is 1. The quantitative estimate of drug-likeness (QED) is 0.389. The van der Waals surface area contributed by atoms with E-state index in [1.165, 1.54) is 43.7 Å². The Labute approximate surface area is 217 Å². The molecule has 5 rings (SSSR count). The van der Waals surface area contributed by atoms with Gasteiger partial charge < -0.3 is 19.5 Å². The Bertz CT molecular complexity index is 1710. The minimum Gasteiger partial charge on any atom is -0.492 e. The summed E-state index contributed by atoms with van der Waals surface area (Å²) in [6, 6.07) is 5.79. The summed E-state index contributed by atoms with van der Waals surface area (Å²) in [4.78, 5) is 50.6. The second-order valence-corrected chi connectivity index (χ2v) is 9.65. The highest BCUT2D eigenvalue weighted by Gasteiger charge is 2.31. The Morgan fingerprint density at radius 3 is 2.61 bits per heavy atom. The zero-order valence-corrected chi connectivity index (χ0v) is 21.0. The van der Waals surface area contributed by atoms with E-state index in [2.05, 4.69) is 5.32 Å². The van der Waals surface area contributed by atoms with Gasteiger partial charge in [0.05, 0.1) is 34.0 Å². The Morgan fingerprint density at radius 2 is 1.95 bits per heavy atom. The van der Waals surface area contributed by atoms with Gasteiger partial charge in [0.1, 0.15) is 17.6 Å². The van der Waals surface area contributed by atoms with Crippen molar-refractivity contribution in [3.8, 4) is 5.75 Å². The molecule has 1 aliphatic heterocycles. The molecule has 1 unspecified atom stereocenters. The molecule has 0 radical (unpaired) electrons. The van der Waals surface area contributed by atoms with Gasteiger partial charge in [0, 0.05) is 37.9 Å². The Kier molecular flexibility index (Phi) is 6.83. The molecule has 0 spiro atoms. The molecule has 1 saturated heterocycles. The molecule has 1 saturated carbocycles. The number of anilines is 1. The van der Waals surface area contributed by atoms with E-state index in [9.17, 15) is 19.2 Å².